The molecule has 0 heterocycles. The zero-order valence-electron chi connectivity index (χ0n) is 10.3. The number of sulfonamides is 1. The summed E-state index contributed by atoms with van der Waals surface area (Å²) < 4.78 is 26.4. The fourth-order valence-electron chi connectivity index (χ4n) is 2.26. The van der Waals surface area contributed by atoms with E-state index in [1.165, 1.54) is 6.42 Å². The van der Waals surface area contributed by atoms with Crippen LogP contribution >= 0.6 is 0 Å². The molecule has 16 heavy (non-hydrogen) atoms. The molecule has 1 rings (SSSR count). The summed E-state index contributed by atoms with van der Waals surface area (Å²) in [5.74, 6) is 0.149. The Morgan fingerprint density at radius 1 is 1.38 bits per heavy atom. The van der Waals surface area contributed by atoms with Crippen molar-refractivity contribution in [1.29, 1.82) is 0 Å². The zero-order chi connectivity index (χ0) is 12.2. The Bertz CT molecular complexity index is 312. The van der Waals surface area contributed by atoms with E-state index >= 15 is 0 Å². The van der Waals surface area contributed by atoms with Gasteiger partial charge < -0.3 is 5.73 Å². The standard InChI is InChI=1S/C11H24N2O2S/c1-11(2)7-4-3-6-10(11)13-16(14,15)9-5-8-12/h10,13H,3-9,12H2,1-2H3. The van der Waals surface area contributed by atoms with Crippen LogP contribution in [0, 0.1) is 5.41 Å². The summed E-state index contributed by atoms with van der Waals surface area (Å²) in [6.45, 7) is 4.71. The molecular formula is C11H24N2O2S. The van der Waals surface area contributed by atoms with Crippen LogP contribution in [0.25, 0.3) is 0 Å². The first-order valence-corrected chi connectivity index (χ1v) is 7.73. The molecule has 5 heteroatoms. The lowest BCUT2D eigenvalue weighted by molar-refractivity contribution is 0.188. The minimum atomic E-state index is -3.14. The first-order chi connectivity index (χ1) is 7.37. The highest BCUT2D eigenvalue weighted by Crippen LogP contribution is 2.35. The van der Waals surface area contributed by atoms with E-state index in [0.717, 1.165) is 19.3 Å². The van der Waals surface area contributed by atoms with E-state index in [4.69, 9.17) is 5.73 Å². The van der Waals surface area contributed by atoms with E-state index in [9.17, 15) is 8.42 Å². The third-order valence-electron chi connectivity index (χ3n) is 3.45. The Balaban J connectivity index is 2.58. The molecule has 1 aliphatic rings. The van der Waals surface area contributed by atoms with Gasteiger partial charge in [0.2, 0.25) is 10.0 Å². The topological polar surface area (TPSA) is 72.2 Å². The predicted octanol–water partition coefficient (Wildman–Crippen LogP) is 1.22. The van der Waals surface area contributed by atoms with Crippen molar-refractivity contribution in [1.82, 2.24) is 4.72 Å². The lowest BCUT2D eigenvalue weighted by Crippen LogP contribution is -2.47. The molecule has 0 aromatic heterocycles. The summed E-state index contributed by atoms with van der Waals surface area (Å²) in [6.07, 6.45) is 4.90. The largest absolute Gasteiger partial charge is 0.330 e. The molecule has 4 nitrogen and oxygen atoms in total. The molecular weight excluding hydrogens is 224 g/mol. The molecule has 0 bridgehead atoms. The second-order valence-electron chi connectivity index (χ2n) is 5.37. The summed E-state index contributed by atoms with van der Waals surface area (Å²) in [6, 6.07) is 0.0871. The summed E-state index contributed by atoms with van der Waals surface area (Å²) in [5, 5.41) is 0. The van der Waals surface area contributed by atoms with Gasteiger partial charge in [0.05, 0.1) is 5.75 Å². The van der Waals surface area contributed by atoms with Crippen molar-refractivity contribution in [2.45, 2.75) is 52.0 Å². The smallest absolute Gasteiger partial charge is 0.211 e. The van der Waals surface area contributed by atoms with Crippen LogP contribution in [0.2, 0.25) is 0 Å². The number of rotatable bonds is 5. The summed E-state index contributed by atoms with van der Waals surface area (Å²) >= 11 is 0. The van der Waals surface area contributed by atoms with E-state index in [1.807, 2.05) is 0 Å². The Labute approximate surface area is 99.0 Å². The fourth-order valence-corrected chi connectivity index (χ4v) is 3.80. The van der Waals surface area contributed by atoms with Crippen LogP contribution in [0.4, 0.5) is 0 Å². The average Bonchev–Trinajstić information content (AvgIpc) is 2.18. The van der Waals surface area contributed by atoms with Crippen LogP contribution in [0.3, 0.4) is 0 Å². The molecule has 1 saturated carbocycles. The van der Waals surface area contributed by atoms with Crippen LogP contribution in [-0.4, -0.2) is 26.8 Å². The number of nitrogens with two attached hydrogens (primary N) is 1. The third-order valence-corrected chi connectivity index (χ3v) is 4.92. The minimum Gasteiger partial charge on any atom is -0.330 e. The molecule has 96 valence electrons. The summed E-state index contributed by atoms with van der Waals surface area (Å²) in [7, 11) is -3.14. The SMILES string of the molecule is CC1(C)CCCCC1NS(=O)(=O)CCCN. The second kappa shape index (κ2) is 5.47. The van der Waals surface area contributed by atoms with Gasteiger partial charge in [-0.3, -0.25) is 0 Å². The summed E-state index contributed by atoms with van der Waals surface area (Å²) in [5.41, 5.74) is 5.41. The van der Waals surface area contributed by atoms with Gasteiger partial charge in [0, 0.05) is 6.04 Å². The van der Waals surface area contributed by atoms with Crippen LogP contribution < -0.4 is 10.5 Å². The minimum absolute atomic E-state index is 0.0774. The normalized spacial score (nSPS) is 25.6. The predicted molar refractivity (Wildman–Crippen MR) is 66.6 cm³/mol. The molecule has 1 aliphatic carbocycles. The van der Waals surface area contributed by atoms with Gasteiger partial charge in [-0.2, -0.15) is 0 Å². The average molecular weight is 248 g/mol. The van der Waals surface area contributed by atoms with Crippen molar-refractivity contribution < 1.29 is 8.42 Å². The Hall–Kier alpha value is -0.130. The first kappa shape index (κ1) is 13.9. The van der Waals surface area contributed by atoms with Gasteiger partial charge in [0.25, 0.3) is 0 Å². The highest BCUT2D eigenvalue weighted by atomic mass is 32.2. The van der Waals surface area contributed by atoms with Crippen LogP contribution in [0.1, 0.15) is 46.0 Å². The highest BCUT2D eigenvalue weighted by molar-refractivity contribution is 7.89. The van der Waals surface area contributed by atoms with Crippen LogP contribution in [-0.2, 0) is 10.0 Å². The van der Waals surface area contributed by atoms with Gasteiger partial charge in [-0.15, -0.1) is 0 Å². The van der Waals surface area contributed by atoms with Crippen molar-refractivity contribution in [3.8, 4) is 0 Å². The second-order valence-corrected chi connectivity index (χ2v) is 7.24. The van der Waals surface area contributed by atoms with Gasteiger partial charge in [0.1, 0.15) is 0 Å². The van der Waals surface area contributed by atoms with Gasteiger partial charge in [-0.25, -0.2) is 13.1 Å². The molecule has 0 radical (unpaired) electrons. The van der Waals surface area contributed by atoms with Crippen molar-refractivity contribution in [3.63, 3.8) is 0 Å². The molecule has 3 N–H and O–H groups in total. The molecule has 0 spiro atoms. The zero-order valence-corrected chi connectivity index (χ0v) is 11.1. The molecule has 0 aliphatic heterocycles. The summed E-state index contributed by atoms with van der Waals surface area (Å²) in [4.78, 5) is 0. The van der Waals surface area contributed by atoms with E-state index in [1.54, 1.807) is 0 Å². The lowest BCUT2D eigenvalue weighted by Gasteiger charge is -2.38. The molecule has 1 fully saturated rings. The number of hydrogen-bond acceptors (Lipinski definition) is 3. The van der Waals surface area contributed by atoms with Gasteiger partial charge in [-0.05, 0) is 31.2 Å². The van der Waals surface area contributed by atoms with Crippen molar-refractivity contribution >= 4 is 10.0 Å². The van der Waals surface area contributed by atoms with Crippen LogP contribution in [0.15, 0.2) is 0 Å². The number of hydrogen-bond donors (Lipinski definition) is 2. The van der Waals surface area contributed by atoms with E-state index in [2.05, 4.69) is 18.6 Å². The first-order valence-electron chi connectivity index (χ1n) is 6.07. The number of nitrogens with one attached hydrogen (secondary N) is 1. The third kappa shape index (κ3) is 4.03. The van der Waals surface area contributed by atoms with Gasteiger partial charge in [0.15, 0.2) is 0 Å². The molecule has 0 aromatic carbocycles. The molecule has 0 amide bonds. The maximum atomic E-state index is 11.8. The molecule has 0 aromatic rings. The van der Waals surface area contributed by atoms with Gasteiger partial charge >= 0.3 is 0 Å². The van der Waals surface area contributed by atoms with Crippen LogP contribution in [0.5, 0.6) is 0 Å². The van der Waals surface area contributed by atoms with Crippen molar-refractivity contribution in [2.24, 2.45) is 11.1 Å². The highest BCUT2D eigenvalue weighted by Gasteiger charge is 2.34. The molecule has 1 atom stereocenters. The maximum absolute atomic E-state index is 11.8. The van der Waals surface area contributed by atoms with Crippen molar-refractivity contribution in [3.05, 3.63) is 0 Å². The lowest BCUT2D eigenvalue weighted by atomic mass is 9.74. The van der Waals surface area contributed by atoms with E-state index in [-0.39, 0.29) is 17.2 Å². The van der Waals surface area contributed by atoms with E-state index < -0.39 is 10.0 Å². The maximum Gasteiger partial charge on any atom is 0.211 e. The molecule has 1 unspecified atom stereocenters. The fraction of sp³-hybridized carbons (Fsp3) is 1.00. The molecule has 0 saturated heterocycles. The van der Waals surface area contributed by atoms with Gasteiger partial charge in [-0.1, -0.05) is 26.7 Å². The monoisotopic (exact) mass is 248 g/mol. The quantitative estimate of drug-likeness (QED) is 0.768. The Morgan fingerprint density at radius 2 is 2.06 bits per heavy atom. The van der Waals surface area contributed by atoms with E-state index in [0.29, 0.717) is 13.0 Å². The Kier molecular flexibility index (Phi) is 4.76. The Morgan fingerprint density at radius 3 is 2.62 bits per heavy atom. The van der Waals surface area contributed by atoms with Crippen molar-refractivity contribution in [2.75, 3.05) is 12.3 Å².